The molecule has 27 heavy (non-hydrogen) atoms. The predicted molar refractivity (Wildman–Crippen MR) is 105 cm³/mol. The number of amides is 1. The van der Waals surface area contributed by atoms with E-state index < -0.39 is 0 Å². The van der Waals surface area contributed by atoms with Gasteiger partial charge < -0.3 is 15.2 Å². The lowest BCUT2D eigenvalue weighted by atomic mass is 9.49. The second-order valence-electron chi connectivity index (χ2n) is 9.75. The Hall–Kier alpha value is -1.69. The Labute approximate surface area is 161 Å². The van der Waals surface area contributed by atoms with Crippen LogP contribution in [0.2, 0.25) is 0 Å². The third kappa shape index (κ3) is 3.68. The Kier molecular flexibility index (Phi) is 4.87. The van der Waals surface area contributed by atoms with E-state index in [9.17, 15) is 9.59 Å². The summed E-state index contributed by atoms with van der Waals surface area (Å²) >= 11 is 0. The molecule has 1 heterocycles. The van der Waals surface area contributed by atoms with Crippen LogP contribution in [0.5, 0.6) is 0 Å². The number of H-pyrrole nitrogens is 1. The van der Waals surface area contributed by atoms with Gasteiger partial charge in [0.05, 0.1) is 0 Å². The second kappa shape index (κ2) is 7.04. The third-order valence-corrected chi connectivity index (χ3v) is 6.87. The molecular formula is C21H32N4O2. The van der Waals surface area contributed by atoms with Crippen molar-refractivity contribution in [2.45, 2.75) is 50.9 Å². The van der Waals surface area contributed by atoms with E-state index in [1.54, 1.807) is 0 Å². The molecule has 1 atom stereocenters. The zero-order valence-corrected chi connectivity index (χ0v) is 16.8. The average molecular weight is 373 g/mol. The van der Waals surface area contributed by atoms with Gasteiger partial charge in [0.15, 0.2) is 0 Å². The molecule has 0 unspecified atom stereocenters. The molecule has 1 aromatic rings. The van der Waals surface area contributed by atoms with Crippen LogP contribution in [0, 0.1) is 23.7 Å². The van der Waals surface area contributed by atoms with Crippen LogP contribution < -0.4 is 10.9 Å². The molecule has 1 amide bonds. The van der Waals surface area contributed by atoms with Crippen molar-refractivity contribution in [1.29, 1.82) is 0 Å². The number of nitrogens with one attached hydrogen (secondary N) is 2. The Morgan fingerprint density at radius 3 is 2.37 bits per heavy atom. The van der Waals surface area contributed by atoms with E-state index >= 15 is 0 Å². The largest absolute Gasteiger partial charge is 0.351 e. The minimum absolute atomic E-state index is 0.0448. The fourth-order valence-electron chi connectivity index (χ4n) is 6.28. The summed E-state index contributed by atoms with van der Waals surface area (Å²) < 4.78 is 0. The standard InChI is InChI=1S/C21H32N4O2/c1-13(12-25(2)3)10-22-18(26)17-11-23-20(24-19(17)27)21-7-14-4-15(8-21)6-16(5-14)9-21/h11,13-16H,4-10,12H2,1-3H3,(H,22,26)(H,23,24,27)/t13-,14?,15?,16?,21?/m1/s1. The van der Waals surface area contributed by atoms with Gasteiger partial charge in [0.2, 0.25) is 0 Å². The van der Waals surface area contributed by atoms with Crippen LogP contribution in [0.3, 0.4) is 0 Å². The summed E-state index contributed by atoms with van der Waals surface area (Å²) in [7, 11) is 4.02. The van der Waals surface area contributed by atoms with Gasteiger partial charge in [0.25, 0.3) is 11.5 Å². The van der Waals surface area contributed by atoms with Crippen molar-refractivity contribution in [3.05, 3.63) is 27.9 Å². The van der Waals surface area contributed by atoms with Gasteiger partial charge in [-0.1, -0.05) is 6.92 Å². The minimum atomic E-state index is -0.327. The number of carbonyl (C=O) groups is 1. The summed E-state index contributed by atoms with van der Waals surface area (Å²) in [5.74, 6) is 3.20. The SMILES string of the molecule is C[C@H](CNC(=O)c1cnc(C23CC4CC(CC(C4)C2)C3)[nH]c1=O)CN(C)C. The van der Waals surface area contributed by atoms with E-state index in [0.717, 1.165) is 49.4 Å². The predicted octanol–water partition coefficient (Wildman–Crippen LogP) is 2.17. The van der Waals surface area contributed by atoms with Gasteiger partial charge in [0, 0.05) is 24.7 Å². The molecule has 1 aromatic heterocycles. The monoisotopic (exact) mass is 372 g/mol. The van der Waals surface area contributed by atoms with Crippen LogP contribution in [-0.2, 0) is 5.41 Å². The van der Waals surface area contributed by atoms with Gasteiger partial charge in [-0.3, -0.25) is 9.59 Å². The molecular weight excluding hydrogens is 340 g/mol. The Morgan fingerprint density at radius 2 is 1.85 bits per heavy atom. The fraction of sp³-hybridized carbons (Fsp3) is 0.762. The zero-order chi connectivity index (χ0) is 19.2. The smallest absolute Gasteiger partial charge is 0.263 e. The van der Waals surface area contributed by atoms with E-state index in [1.807, 2.05) is 14.1 Å². The van der Waals surface area contributed by atoms with Crippen molar-refractivity contribution in [3.8, 4) is 0 Å². The van der Waals surface area contributed by atoms with Crippen molar-refractivity contribution in [1.82, 2.24) is 20.2 Å². The van der Waals surface area contributed by atoms with Gasteiger partial charge in [-0.25, -0.2) is 4.98 Å². The van der Waals surface area contributed by atoms with Crippen LogP contribution in [0.25, 0.3) is 0 Å². The number of hydrogen-bond donors (Lipinski definition) is 2. The van der Waals surface area contributed by atoms with Gasteiger partial charge in [-0.2, -0.15) is 0 Å². The van der Waals surface area contributed by atoms with E-state index in [4.69, 9.17) is 0 Å². The maximum atomic E-state index is 12.6. The lowest BCUT2D eigenvalue weighted by Gasteiger charge is -2.56. The summed E-state index contributed by atoms with van der Waals surface area (Å²) in [6.45, 7) is 3.52. The third-order valence-electron chi connectivity index (χ3n) is 6.87. The molecule has 4 fully saturated rings. The van der Waals surface area contributed by atoms with E-state index in [2.05, 4.69) is 27.1 Å². The maximum absolute atomic E-state index is 12.6. The molecule has 148 valence electrons. The molecule has 0 aromatic carbocycles. The van der Waals surface area contributed by atoms with Crippen molar-refractivity contribution in [2.24, 2.45) is 23.7 Å². The molecule has 4 saturated carbocycles. The minimum Gasteiger partial charge on any atom is -0.351 e. The van der Waals surface area contributed by atoms with Crippen LogP contribution in [0.15, 0.2) is 11.0 Å². The topological polar surface area (TPSA) is 78.1 Å². The van der Waals surface area contributed by atoms with Crippen LogP contribution in [-0.4, -0.2) is 48.0 Å². The lowest BCUT2D eigenvalue weighted by Crippen LogP contribution is -2.50. The fourth-order valence-corrected chi connectivity index (χ4v) is 6.28. The Bertz CT molecular complexity index is 734. The summed E-state index contributed by atoms with van der Waals surface area (Å²) in [5, 5.41) is 2.87. The first-order valence-electron chi connectivity index (χ1n) is 10.4. The molecule has 0 spiro atoms. The van der Waals surface area contributed by atoms with E-state index in [-0.39, 0.29) is 22.4 Å². The Morgan fingerprint density at radius 1 is 1.26 bits per heavy atom. The molecule has 6 nitrogen and oxygen atoms in total. The molecule has 4 aliphatic rings. The molecule has 4 aliphatic carbocycles. The summed E-state index contributed by atoms with van der Waals surface area (Å²) in [6, 6.07) is 0. The average Bonchev–Trinajstić information content (AvgIpc) is 2.58. The van der Waals surface area contributed by atoms with Gasteiger partial charge in [-0.15, -0.1) is 0 Å². The zero-order valence-electron chi connectivity index (χ0n) is 16.8. The van der Waals surface area contributed by atoms with Gasteiger partial charge in [-0.05, 0) is 76.3 Å². The molecule has 0 radical (unpaired) electrons. The first-order valence-corrected chi connectivity index (χ1v) is 10.4. The molecule has 6 heteroatoms. The van der Waals surface area contributed by atoms with Crippen LogP contribution in [0.1, 0.15) is 61.6 Å². The van der Waals surface area contributed by atoms with Crippen molar-refractivity contribution in [2.75, 3.05) is 27.2 Å². The summed E-state index contributed by atoms with van der Waals surface area (Å²) in [5.41, 5.74) is -0.127. The molecule has 2 N–H and O–H groups in total. The van der Waals surface area contributed by atoms with Crippen molar-refractivity contribution in [3.63, 3.8) is 0 Å². The first-order chi connectivity index (χ1) is 12.8. The van der Waals surface area contributed by atoms with Gasteiger partial charge in [0.1, 0.15) is 11.4 Å². The Balaban J connectivity index is 1.47. The second-order valence-corrected chi connectivity index (χ2v) is 9.75. The normalized spacial score (nSPS) is 32.7. The highest BCUT2D eigenvalue weighted by Gasteiger charge is 2.52. The van der Waals surface area contributed by atoms with Crippen molar-refractivity contribution >= 4 is 5.91 Å². The molecule has 0 saturated heterocycles. The van der Waals surface area contributed by atoms with Crippen LogP contribution in [0.4, 0.5) is 0 Å². The lowest BCUT2D eigenvalue weighted by molar-refractivity contribution is -0.00953. The number of aromatic nitrogens is 2. The summed E-state index contributed by atoms with van der Waals surface area (Å²) in [4.78, 5) is 34.8. The number of nitrogens with zero attached hydrogens (tertiary/aromatic N) is 2. The number of aromatic amines is 1. The molecule has 4 bridgehead atoms. The number of rotatable bonds is 6. The van der Waals surface area contributed by atoms with E-state index in [0.29, 0.717) is 12.5 Å². The molecule has 5 rings (SSSR count). The maximum Gasteiger partial charge on any atom is 0.263 e. The quantitative estimate of drug-likeness (QED) is 0.802. The van der Waals surface area contributed by atoms with Gasteiger partial charge >= 0.3 is 0 Å². The highest BCUT2D eigenvalue weighted by atomic mass is 16.2. The number of hydrogen-bond acceptors (Lipinski definition) is 4. The van der Waals surface area contributed by atoms with E-state index in [1.165, 1.54) is 25.5 Å². The molecule has 0 aliphatic heterocycles. The highest BCUT2D eigenvalue weighted by molar-refractivity contribution is 5.93. The summed E-state index contributed by atoms with van der Waals surface area (Å²) in [6.07, 6.45) is 9.01. The number of carbonyl (C=O) groups excluding carboxylic acids is 1. The highest BCUT2D eigenvalue weighted by Crippen LogP contribution is 2.59. The first kappa shape index (κ1) is 18.7. The van der Waals surface area contributed by atoms with Crippen molar-refractivity contribution < 1.29 is 4.79 Å². The van der Waals surface area contributed by atoms with Crippen LogP contribution >= 0.6 is 0 Å².